The number of aromatic nitrogens is 2. The van der Waals surface area contributed by atoms with Crippen molar-refractivity contribution in [1.29, 1.82) is 0 Å². The fourth-order valence-corrected chi connectivity index (χ4v) is 3.13. The zero-order valence-electron chi connectivity index (χ0n) is 12.8. The number of benzene rings is 1. The van der Waals surface area contributed by atoms with Crippen molar-refractivity contribution in [3.8, 4) is 0 Å². The van der Waals surface area contributed by atoms with Crippen molar-refractivity contribution in [2.75, 3.05) is 43.9 Å². The molecule has 1 saturated heterocycles. The van der Waals surface area contributed by atoms with Gasteiger partial charge in [-0.2, -0.15) is 0 Å². The highest BCUT2D eigenvalue weighted by atomic mass is 32.2. The number of rotatable bonds is 7. The molecule has 1 fully saturated rings. The van der Waals surface area contributed by atoms with E-state index in [9.17, 15) is 4.39 Å². The summed E-state index contributed by atoms with van der Waals surface area (Å²) in [5.74, 6) is 1.22. The maximum Gasteiger partial charge on any atom is 0.276 e. The standard InChI is InChI=1S/C15H19FN4O2S/c16-12-1-3-13(4-2-12)17-11-14-18-19-15(22-14)23-10-7-20-5-8-21-9-6-20/h1-4,17H,5-11H2/p+1. The smallest absolute Gasteiger partial charge is 0.276 e. The summed E-state index contributed by atoms with van der Waals surface area (Å²) in [7, 11) is 0. The van der Waals surface area contributed by atoms with Crippen LogP contribution < -0.4 is 10.2 Å². The summed E-state index contributed by atoms with van der Waals surface area (Å²) < 4.78 is 23.8. The summed E-state index contributed by atoms with van der Waals surface area (Å²) in [6, 6.07) is 6.16. The predicted molar refractivity (Wildman–Crippen MR) is 85.1 cm³/mol. The zero-order valence-corrected chi connectivity index (χ0v) is 13.6. The largest absolute Gasteiger partial charge is 0.414 e. The van der Waals surface area contributed by atoms with E-state index in [1.165, 1.54) is 12.1 Å². The average molecular weight is 339 g/mol. The third kappa shape index (κ3) is 5.19. The molecule has 8 heteroatoms. The first-order valence-corrected chi connectivity index (χ1v) is 8.64. The molecule has 2 heterocycles. The number of hydrogen-bond donors (Lipinski definition) is 2. The van der Waals surface area contributed by atoms with Crippen molar-refractivity contribution >= 4 is 17.4 Å². The first-order chi connectivity index (χ1) is 11.3. The van der Waals surface area contributed by atoms with Crippen LogP contribution in [-0.4, -0.2) is 48.8 Å². The third-order valence-corrected chi connectivity index (χ3v) is 4.44. The van der Waals surface area contributed by atoms with Crippen LogP contribution in [0.15, 0.2) is 33.9 Å². The van der Waals surface area contributed by atoms with Gasteiger partial charge >= 0.3 is 0 Å². The molecular weight excluding hydrogens is 319 g/mol. The van der Waals surface area contributed by atoms with Crippen LogP contribution in [0.5, 0.6) is 0 Å². The molecule has 0 aliphatic carbocycles. The Morgan fingerprint density at radius 2 is 1.96 bits per heavy atom. The minimum atomic E-state index is -0.255. The van der Waals surface area contributed by atoms with E-state index in [0.717, 1.165) is 44.3 Å². The summed E-state index contributed by atoms with van der Waals surface area (Å²) in [6.07, 6.45) is 0. The molecule has 1 aromatic carbocycles. The van der Waals surface area contributed by atoms with E-state index in [2.05, 4.69) is 15.5 Å². The molecule has 0 saturated carbocycles. The second kappa shape index (κ2) is 8.28. The van der Waals surface area contributed by atoms with Crippen molar-refractivity contribution in [1.82, 2.24) is 10.2 Å². The summed E-state index contributed by atoms with van der Waals surface area (Å²) in [6.45, 7) is 5.32. The van der Waals surface area contributed by atoms with Gasteiger partial charge in [-0.1, -0.05) is 11.8 Å². The van der Waals surface area contributed by atoms with Gasteiger partial charge in [-0.25, -0.2) is 4.39 Å². The summed E-state index contributed by atoms with van der Waals surface area (Å²) in [5, 5.41) is 11.8. The highest BCUT2D eigenvalue weighted by Gasteiger charge is 2.14. The molecule has 0 bridgehead atoms. The molecule has 0 spiro atoms. The Labute approximate surface area is 138 Å². The fraction of sp³-hybridized carbons (Fsp3) is 0.467. The molecule has 1 aromatic heterocycles. The van der Waals surface area contributed by atoms with Crippen molar-refractivity contribution < 1.29 is 18.4 Å². The lowest BCUT2D eigenvalue weighted by atomic mass is 10.3. The van der Waals surface area contributed by atoms with Crippen LogP contribution in [0.4, 0.5) is 10.1 Å². The Hall–Kier alpha value is -1.64. The average Bonchev–Trinajstić information content (AvgIpc) is 3.03. The van der Waals surface area contributed by atoms with Crippen molar-refractivity contribution in [3.63, 3.8) is 0 Å². The van der Waals surface area contributed by atoms with Crippen LogP contribution in [0.2, 0.25) is 0 Å². The van der Waals surface area contributed by atoms with E-state index in [1.807, 2.05) is 0 Å². The molecule has 0 radical (unpaired) electrons. The molecule has 0 unspecified atom stereocenters. The highest BCUT2D eigenvalue weighted by Crippen LogP contribution is 2.16. The molecule has 124 valence electrons. The van der Waals surface area contributed by atoms with E-state index < -0.39 is 0 Å². The van der Waals surface area contributed by atoms with Crippen LogP contribution in [0.25, 0.3) is 0 Å². The van der Waals surface area contributed by atoms with Crippen molar-refractivity contribution in [2.45, 2.75) is 11.8 Å². The Balaban J connectivity index is 1.39. The molecule has 23 heavy (non-hydrogen) atoms. The maximum atomic E-state index is 12.8. The molecule has 1 aliphatic rings. The monoisotopic (exact) mass is 339 g/mol. The van der Waals surface area contributed by atoms with E-state index in [4.69, 9.17) is 9.15 Å². The quantitative estimate of drug-likeness (QED) is 0.729. The van der Waals surface area contributed by atoms with Gasteiger partial charge in [0.15, 0.2) is 0 Å². The van der Waals surface area contributed by atoms with Crippen LogP contribution in [0, 0.1) is 5.82 Å². The summed E-state index contributed by atoms with van der Waals surface area (Å²) >= 11 is 1.58. The Morgan fingerprint density at radius 3 is 2.74 bits per heavy atom. The van der Waals surface area contributed by atoms with Crippen molar-refractivity contribution in [3.05, 3.63) is 36.0 Å². The first-order valence-electron chi connectivity index (χ1n) is 7.65. The number of quaternary nitrogens is 1. The highest BCUT2D eigenvalue weighted by molar-refractivity contribution is 7.99. The SMILES string of the molecule is Fc1ccc(NCc2nnc(SCC[NH+]3CCOCC3)o2)cc1. The van der Waals surface area contributed by atoms with E-state index in [-0.39, 0.29) is 5.82 Å². The lowest BCUT2D eigenvalue weighted by Gasteiger charge is -2.23. The fourth-order valence-electron chi connectivity index (χ4n) is 2.31. The minimum absolute atomic E-state index is 0.255. The number of nitrogens with zero attached hydrogens (tertiary/aromatic N) is 2. The Kier molecular flexibility index (Phi) is 5.84. The second-order valence-corrected chi connectivity index (χ2v) is 6.33. The molecule has 2 aromatic rings. The molecule has 3 rings (SSSR count). The van der Waals surface area contributed by atoms with Gasteiger partial charge in [-0.15, -0.1) is 10.2 Å². The zero-order chi connectivity index (χ0) is 15.9. The molecule has 0 atom stereocenters. The lowest BCUT2D eigenvalue weighted by Crippen LogP contribution is -3.14. The van der Waals surface area contributed by atoms with Crippen LogP contribution >= 0.6 is 11.8 Å². The van der Waals surface area contributed by atoms with Crippen LogP contribution in [0.3, 0.4) is 0 Å². The topological polar surface area (TPSA) is 64.6 Å². The van der Waals surface area contributed by atoms with Crippen LogP contribution in [-0.2, 0) is 11.3 Å². The van der Waals surface area contributed by atoms with Gasteiger partial charge in [0, 0.05) is 5.69 Å². The molecular formula is C15H20FN4O2S+. The van der Waals surface area contributed by atoms with E-state index >= 15 is 0 Å². The van der Waals surface area contributed by atoms with Gasteiger partial charge in [0.25, 0.3) is 5.22 Å². The van der Waals surface area contributed by atoms with Gasteiger partial charge in [-0.05, 0) is 24.3 Å². The molecule has 1 aliphatic heterocycles. The molecule has 2 N–H and O–H groups in total. The lowest BCUT2D eigenvalue weighted by molar-refractivity contribution is -0.905. The van der Waals surface area contributed by atoms with Crippen molar-refractivity contribution in [2.24, 2.45) is 0 Å². The first kappa shape index (κ1) is 16.2. The number of hydrogen-bond acceptors (Lipinski definition) is 6. The van der Waals surface area contributed by atoms with Gasteiger partial charge in [0.2, 0.25) is 5.89 Å². The number of nitrogens with one attached hydrogen (secondary N) is 2. The van der Waals surface area contributed by atoms with Gasteiger partial charge in [0.1, 0.15) is 18.9 Å². The second-order valence-electron chi connectivity index (χ2n) is 5.28. The predicted octanol–water partition coefficient (Wildman–Crippen LogP) is 0.828. The van der Waals surface area contributed by atoms with E-state index in [1.54, 1.807) is 28.8 Å². The number of anilines is 1. The molecule has 0 amide bonds. The normalized spacial score (nSPS) is 15.7. The Morgan fingerprint density at radius 1 is 1.17 bits per heavy atom. The van der Waals surface area contributed by atoms with Gasteiger partial charge in [0.05, 0.1) is 32.1 Å². The van der Waals surface area contributed by atoms with Crippen LogP contribution in [0.1, 0.15) is 5.89 Å². The third-order valence-electron chi connectivity index (χ3n) is 3.62. The number of ether oxygens (including phenoxy) is 1. The summed E-state index contributed by atoms with van der Waals surface area (Å²) in [4.78, 5) is 1.56. The van der Waals surface area contributed by atoms with Gasteiger partial charge < -0.3 is 19.4 Å². The maximum absolute atomic E-state index is 12.8. The minimum Gasteiger partial charge on any atom is -0.414 e. The molecule has 6 nitrogen and oxygen atoms in total. The number of halogens is 1. The Bertz CT molecular complexity index is 602. The summed E-state index contributed by atoms with van der Waals surface area (Å²) in [5.41, 5.74) is 0.815. The van der Waals surface area contributed by atoms with E-state index in [0.29, 0.717) is 17.7 Å². The van der Waals surface area contributed by atoms with Gasteiger partial charge in [-0.3, -0.25) is 0 Å². The number of morpholine rings is 1. The number of thioether (sulfide) groups is 1.